The predicted molar refractivity (Wildman–Crippen MR) is 92.3 cm³/mol. The van der Waals surface area contributed by atoms with Gasteiger partial charge in [-0.05, 0) is 55.3 Å². The molecule has 1 atom stereocenters. The van der Waals surface area contributed by atoms with Crippen molar-refractivity contribution >= 4 is 17.6 Å². The molecular weight excluding hydrogens is 306 g/mol. The van der Waals surface area contributed by atoms with Crippen LogP contribution in [0, 0.1) is 0 Å². The first-order valence-electron chi connectivity index (χ1n) is 7.78. The Morgan fingerprint density at radius 1 is 1.04 bits per heavy atom. The Bertz CT molecular complexity index is 692. The Labute approximate surface area is 141 Å². The van der Waals surface area contributed by atoms with Gasteiger partial charge < -0.3 is 14.8 Å². The highest BCUT2D eigenvalue weighted by Gasteiger charge is 2.15. The fourth-order valence-corrected chi connectivity index (χ4v) is 2.11. The van der Waals surface area contributed by atoms with Crippen molar-refractivity contribution in [3.05, 3.63) is 59.7 Å². The van der Waals surface area contributed by atoms with Crippen molar-refractivity contribution in [2.75, 3.05) is 12.4 Å². The van der Waals surface area contributed by atoms with Crippen LogP contribution in [-0.2, 0) is 16.0 Å². The summed E-state index contributed by atoms with van der Waals surface area (Å²) in [6.07, 6.45) is 0.315. The summed E-state index contributed by atoms with van der Waals surface area (Å²) in [5.74, 6) is -0.0311. The molecule has 0 fully saturated rings. The lowest BCUT2D eigenvalue weighted by molar-refractivity contribution is -0.122. The van der Waals surface area contributed by atoms with Crippen molar-refractivity contribution in [3.8, 4) is 5.75 Å². The summed E-state index contributed by atoms with van der Waals surface area (Å²) in [4.78, 5) is 23.6. The van der Waals surface area contributed by atoms with Gasteiger partial charge in [-0.1, -0.05) is 19.1 Å². The van der Waals surface area contributed by atoms with Gasteiger partial charge in [0.15, 0.2) is 6.10 Å². The van der Waals surface area contributed by atoms with Crippen LogP contribution in [0.3, 0.4) is 0 Å². The zero-order chi connectivity index (χ0) is 17.5. The summed E-state index contributed by atoms with van der Waals surface area (Å²) in [5, 5.41) is 2.75. The number of rotatable bonds is 6. The summed E-state index contributed by atoms with van der Waals surface area (Å²) >= 11 is 0. The summed E-state index contributed by atoms with van der Waals surface area (Å²) in [5.41, 5.74) is 2.23. The van der Waals surface area contributed by atoms with Gasteiger partial charge in [0.2, 0.25) is 0 Å². The van der Waals surface area contributed by atoms with Gasteiger partial charge >= 0.3 is 5.97 Å². The molecule has 5 heteroatoms. The zero-order valence-corrected chi connectivity index (χ0v) is 14.0. The van der Waals surface area contributed by atoms with E-state index in [1.54, 1.807) is 31.2 Å². The summed E-state index contributed by atoms with van der Waals surface area (Å²) in [6, 6.07) is 14.1. The Morgan fingerprint density at radius 2 is 1.67 bits per heavy atom. The van der Waals surface area contributed by atoms with Crippen molar-refractivity contribution in [3.63, 3.8) is 0 Å². The van der Waals surface area contributed by atoms with Crippen LogP contribution >= 0.6 is 0 Å². The van der Waals surface area contributed by atoms with E-state index in [1.807, 2.05) is 24.3 Å². The largest absolute Gasteiger partial charge is 0.481 e. The van der Waals surface area contributed by atoms with Gasteiger partial charge in [0.05, 0.1) is 12.7 Å². The SMILES string of the molecule is CCc1ccc(O[C@@H](C)C(=O)Nc2ccc(C(=O)OC)cc2)cc1. The number of amides is 1. The minimum atomic E-state index is -0.641. The van der Waals surface area contributed by atoms with Crippen LogP contribution < -0.4 is 10.1 Å². The smallest absolute Gasteiger partial charge is 0.337 e. The summed E-state index contributed by atoms with van der Waals surface area (Å²) in [7, 11) is 1.32. The van der Waals surface area contributed by atoms with E-state index in [4.69, 9.17) is 4.74 Å². The molecular formula is C19H21NO4. The minimum Gasteiger partial charge on any atom is -0.481 e. The maximum Gasteiger partial charge on any atom is 0.337 e. The lowest BCUT2D eigenvalue weighted by atomic mass is 10.2. The van der Waals surface area contributed by atoms with Crippen molar-refractivity contribution in [2.45, 2.75) is 26.4 Å². The molecule has 2 rings (SSSR count). The van der Waals surface area contributed by atoms with Crippen LogP contribution in [0.2, 0.25) is 0 Å². The van der Waals surface area contributed by atoms with Crippen molar-refractivity contribution < 1.29 is 19.1 Å². The summed E-state index contributed by atoms with van der Waals surface area (Å²) < 4.78 is 10.3. The van der Waals surface area contributed by atoms with E-state index in [-0.39, 0.29) is 5.91 Å². The molecule has 0 saturated heterocycles. The van der Waals surface area contributed by atoms with Crippen molar-refractivity contribution in [1.29, 1.82) is 0 Å². The maximum atomic E-state index is 12.2. The van der Waals surface area contributed by atoms with Gasteiger partial charge in [-0.25, -0.2) is 4.79 Å². The standard InChI is InChI=1S/C19H21NO4/c1-4-14-5-11-17(12-6-14)24-13(2)18(21)20-16-9-7-15(8-10-16)19(22)23-3/h5-13H,4H2,1-3H3,(H,20,21)/t13-/m0/s1. The second-order valence-corrected chi connectivity index (χ2v) is 5.32. The topological polar surface area (TPSA) is 64.6 Å². The molecule has 0 aliphatic rings. The summed E-state index contributed by atoms with van der Waals surface area (Å²) in [6.45, 7) is 3.77. The molecule has 1 amide bonds. The number of hydrogen-bond donors (Lipinski definition) is 1. The first-order valence-corrected chi connectivity index (χ1v) is 7.78. The van der Waals surface area contributed by atoms with Crippen LogP contribution in [0.4, 0.5) is 5.69 Å². The molecule has 0 unspecified atom stereocenters. The molecule has 0 saturated carbocycles. The number of ether oxygens (including phenoxy) is 2. The van der Waals surface area contributed by atoms with Gasteiger partial charge in [0, 0.05) is 5.69 Å². The molecule has 126 valence electrons. The van der Waals surface area contributed by atoms with Gasteiger partial charge in [0.1, 0.15) is 5.75 Å². The van der Waals surface area contributed by atoms with Crippen LogP contribution in [-0.4, -0.2) is 25.1 Å². The maximum absolute atomic E-state index is 12.2. The molecule has 0 bridgehead atoms. The average molecular weight is 327 g/mol. The van der Waals surface area contributed by atoms with Gasteiger partial charge in [-0.15, -0.1) is 0 Å². The Hall–Kier alpha value is -2.82. The zero-order valence-electron chi connectivity index (χ0n) is 14.0. The van der Waals surface area contributed by atoms with Gasteiger partial charge in [0.25, 0.3) is 5.91 Å². The van der Waals surface area contributed by atoms with Crippen LogP contribution in [0.25, 0.3) is 0 Å². The molecule has 0 spiro atoms. The van der Waals surface area contributed by atoms with E-state index in [1.165, 1.54) is 12.7 Å². The monoisotopic (exact) mass is 327 g/mol. The molecule has 0 aliphatic carbocycles. The second-order valence-electron chi connectivity index (χ2n) is 5.32. The number of hydrogen-bond acceptors (Lipinski definition) is 4. The van der Waals surface area contributed by atoms with Gasteiger partial charge in [-0.2, -0.15) is 0 Å². The van der Waals surface area contributed by atoms with E-state index in [0.717, 1.165) is 6.42 Å². The molecule has 1 N–H and O–H groups in total. The lowest BCUT2D eigenvalue weighted by Gasteiger charge is -2.15. The molecule has 24 heavy (non-hydrogen) atoms. The fourth-order valence-electron chi connectivity index (χ4n) is 2.11. The lowest BCUT2D eigenvalue weighted by Crippen LogP contribution is -2.30. The Balaban J connectivity index is 1.94. The highest BCUT2D eigenvalue weighted by atomic mass is 16.5. The Kier molecular flexibility index (Phi) is 5.95. The number of aryl methyl sites for hydroxylation is 1. The Morgan fingerprint density at radius 3 is 2.21 bits per heavy atom. The normalized spacial score (nSPS) is 11.5. The number of carbonyl (C=O) groups excluding carboxylic acids is 2. The first-order chi connectivity index (χ1) is 11.5. The second kappa shape index (κ2) is 8.15. The number of anilines is 1. The third-order valence-corrected chi connectivity index (χ3v) is 3.59. The molecule has 2 aromatic carbocycles. The number of nitrogens with one attached hydrogen (secondary N) is 1. The predicted octanol–water partition coefficient (Wildman–Crippen LogP) is 3.44. The van der Waals surface area contributed by atoms with E-state index in [2.05, 4.69) is 17.0 Å². The van der Waals surface area contributed by atoms with E-state index in [0.29, 0.717) is 17.0 Å². The molecule has 0 aromatic heterocycles. The number of methoxy groups -OCH3 is 1. The first kappa shape index (κ1) is 17.5. The molecule has 2 aromatic rings. The van der Waals surface area contributed by atoms with Gasteiger partial charge in [-0.3, -0.25) is 4.79 Å². The highest BCUT2D eigenvalue weighted by Crippen LogP contribution is 2.16. The van der Waals surface area contributed by atoms with Crippen LogP contribution in [0.5, 0.6) is 5.75 Å². The molecule has 0 aliphatic heterocycles. The number of carbonyl (C=O) groups is 2. The van der Waals surface area contributed by atoms with Crippen molar-refractivity contribution in [2.24, 2.45) is 0 Å². The van der Waals surface area contributed by atoms with Crippen LogP contribution in [0.15, 0.2) is 48.5 Å². The number of esters is 1. The van der Waals surface area contributed by atoms with E-state index >= 15 is 0 Å². The quantitative estimate of drug-likeness (QED) is 0.826. The van der Waals surface area contributed by atoms with E-state index < -0.39 is 12.1 Å². The number of benzene rings is 2. The highest BCUT2D eigenvalue weighted by molar-refractivity contribution is 5.95. The third kappa shape index (κ3) is 4.59. The van der Waals surface area contributed by atoms with E-state index in [9.17, 15) is 9.59 Å². The molecule has 0 radical (unpaired) electrons. The minimum absolute atomic E-state index is 0.264. The average Bonchev–Trinajstić information content (AvgIpc) is 2.62. The third-order valence-electron chi connectivity index (χ3n) is 3.59. The molecule has 0 heterocycles. The fraction of sp³-hybridized carbons (Fsp3) is 0.263. The van der Waals surface area contributed by atoms with Crippen LogP contribution in [0.1, 0.15) is 29.8 Å². The molecule has 5 nitrogen and oxygen atoms in total. The van der Waals surface area contributed by atoms with Crippen molar-refractivity contribution in [1.82, 2.24) is 0 Å².